The van der Waals surface area contributed by atoms with Crippen LogP contribution in [0.15, 0.2) is 4.47 Å². The molecule has 0 aliphatic heterocycles. The number of halogens is 1. The Balaban J connectivity index is 2.67. The Morgan fingerprint density at radius 3 is 2.76 bits per heavy atom. The van der Waals surface area contributed by atoms with E-state index in [9.17, 15) is 0 Å². The van der Waals surface area contributed by atoms with E-state index in [0.29, 0.717) is 6.04 Å². The number of likely N-dealkylation sites (N-methyl/N-ethyl adjacent to an activating group) is 1. The SMILES string of the molecule is CCn1nc(C)c(Br)c1CCC(COC)NC. The lowest BCUT2D eigenvalue weighted by molar-refractivity contribution is 0.166. The first-order valence-electron chi connectivity index (χ1n) is 6.02. The summed E-state index contributed by atoms with van der Waals surface area (Å²) in [5.74, 6) is 0. The Morgan fingerprint density at radius 2 is 2.24 bits per heavy atom. The van der Waals surface area contributed by atoms with Crippen molar-refractivity contribution in [2.24, 2.45) is 0 Å². The molecule has 1 N–H and O–H groups in total. The summed E-state index contributed by atoms with van der Waals surface area (Å²) in [7, 11) is 3.71. The zero-order valence-electron chi connectivity index (χ0n) is 11.1. The molecule has 1 aromatic rings. The van der Waals surface area contributed by atoms with E-state index in [2.05, 4.69) is 38.0 Å². The van der Waals surface area contributed by atoms with Crippen molar-refractivity contribution in [1.82, 2.24) is 15.1 Å². The third kappa shape index (κ3) is 3.79. The minimum Gasteiger partial charge on any atom is -0.383 e. The summed E-state index contributed by atoms with van der Waals surface area (Å²) >= 11 is 3.62. The topological polar surface area (TPSA) is 39.1 Å². The molecule has 0 aromatic carbocycles. The molecule has 0 saturated carbocycles. The highest BCUT2D eigenvalue weighted by Crippen LogP contribution is 2.22. The Kier molecular flexibility index (Phi) is 6.16. The minimum absolute atomic E-state index is 0.396. The van der Waals surface area contributed by atoms with Crippen molar-refractivity contribution in [2.75, 3.05) is 20.8 Å². The standard InChI is InChI=1S/C12H22BrN3O/c1-5-16-11(12(13)9(2)15-16)7-6-10(14-3)8-17-4/h10,14H,5-8H2,1-4H3. The molecule has 0 aliphatic rings. The second kappa shape index (κ2) is 7.13. The van der Waals surface area contributed by atoms with Crippen molar-refractivity contribution in [3.8, 4) is 0 Å². The Bertz CT molecular complexity index is 352. The van der Waals surface area contributed by atoms with Gasteiger partial charge in [0.25, 0.3) is 0 Å². The number of nitrogens with one attached hydrogen (secondary N) is 1. The van der Waals surface area contributed by atoms with Crippen molar-refractivity contribution >= 4 is 15.9 Å². The second-order valence-electron chi connectivity index (χ2n) is 4.14. The van der Waals surface area contributed by atoms with Gasteiger partial charge in [0.15, 0.2) is 0 Å². The van der Waals surface area contributed by atoms with Gasteiger partial charge in [0.05, 0.1) is 22.5 Å². The molecule has 0 aliphatic carbocycles. The molecule has 98 valence electrons. The molecule has 0 saturated heterocycles. The highest BCUT2D eigenvalue weighted by Gasteiger charge is 2.14. The maximum Gasteiger partial charge on any atom is 0.0738 e. The number of methoxy groups -OCH3 is 1. The van der Waals surface area contributed by atoms with Gasteiger partial charge in [-0.15, -0.1) is 0 Å². The molecule has 0 radical (unpaired) electrons. The van der Waals surface area contributed by atoms with E-state index >= 15 is 0 Å². The molecule has 1 rings (SSSR count). The molecule has 17 heavy (non-hydrogen) atoms. The first-order chi connectivity index (χ1) is 8.13. The maximum atomic E-state index is 5.18. The van der Waals surface area contributed by atoms with Gasteiger partial charge < -0.3 is 10.1 Å². The van der Waals surface area contributed by atoms with Crippen LogP contribution in [0.4, 0.5) is 0 Å². The molecule has 0 fully saturated rings. The Morgan fingerprint density at radius 1 is 1.53 bits per heavy atom. The summed E-state index contributed by atoms with van der Waals surface area (Å²) < 4.78 is 8.39. The molecule has 1 unspecified atom stereocenters. The van der Waals surface area contributed by atoms with E-state index in [0.717, 1.165) is 36.2 Å². The largest absolute Gasteiger partial charge is 0.383 e. The summed E-state index contributed by atoms with van der Waals surface area (Å²) in [4.78, 5) is 0. The monoisotopic (exact) mass is 303 g/mol. The molecule has 0 spiro atoms. The summed E-state index contributed by atoms with van der Waals surface area (Å²) in [6.45, 7) is 5.81. The van der Waals surface area contributed by atoms with Crippen LogP contribution >= 0.6 is 15.9 Å². The van der Waals surface area contributed by atoms with Crippen molar-refractivity contribution in [2.45, 2.75) is 39.3 Å². The van der Waals surface area contributed by atoms with E-state index in [4.69, 9.17) is 4.74 Å². The van der Waals surface area contributed by atoms with E-state index in [1.165, 1.54) is 5.69 Å². The lowest BCUT2D eigenvalue weighted by atomic mass is 10.1. The Hall–Kier alpha value is -0.390. The molecular formula is C12H22BrN3O. The quantitative estimate of drug-likeness (QED) is 0.839. The summed E-state index contributed by atoms with van der Waals surface area (Å²) in [5, 5.41) is 7.76. The number of hydrogen-bond donors (Lipinski definition) is 1. The van der Waals surface area contributed by atoms with Gasteiger partial charge in [0.1, 0.15) is 0 Å². The van der Waals surface area contributed by atoms with Crippen molar-refractivity contribution < 1.29 is 4.74 Å². The molecule has 1 atom stereocenters. The van der Waals surface area contributed by atoms with Gasteiger partial charge in [-0.1, -0.05) is 0 Å². The average molecular weight is 304 g/mol. The fourth-order valence-corrected chi connectivity index (χ4v) is 2.41. The van der Waals surface area contributed by atoms with E-state index in [-0.39, 0.29) is 0 Å². The molecule has 1 aromatic heterocycles. The highest BCUT2D eigenvalue weighted by atomic mass is 79.9. The van der Waals surface area contributed by atoms with E-state index in [1.54, 1.807) is 7.11 Å². The second-order valence-corrected chi connectivity index (χ2v) is 4.93. The van der Waals surface area contributed by atoms with Crippen LogP contribution in [0.3, 0.4) is 0 Å². The third-order valence-electron chi connectivity index (χ3n) is 2.96. The smallest absolute Gasteiger partial charge is 0.0738 e. The maximum absolute atomic E-state index is 5.18. The predicted molar refractivity (Wildman–Crippen MR) is 73.4 cm³/mol. The molecule has 0 bridgehead atoms. The van der Waals surface area contributed by atoms with Crippen LogP contribution in [0.1, 0.15) is 24.7 Å². The van der Waals surface area contributed by atoms with E-state index < -0.39 is 0 Å². The summed E-state index contributed by atoms with van der Waals surface area (Å²) in [6.07, 6.45) is 2.05. The molecule has 0 amide bonds. The van der Waals surface area contributed by atoms with Gasteiger partial charge in [-0.25, -0.2) is 0 Å². The van der Waals surface area contributed by atoms with Gasteiger partial charge >= 0.3 is 0 Å². The third-order valence-corrected chi connectivity index (χ3v) is 3.99. The zero-order valence-corrected chi connectivity index (χ0v) is 12.7. The molecule has 4 nitrogen and oxygen atoms in total. The molecule has 5 heteroatoms. The Labute approximate surface area is 112 Å². The van der Waals surface area contributed by atoms with Gasteiger partial charge in [-0.2, -0.15) is 5.10 Å². The average Bonchev–Trinajstić information content (AvgIpc) is 2.61. The number of hydrogen-bond acceptors (Lipinski definition) is 3. The van der Waals surface area contributed by atoms with Crippen LogP contribution < -0.4 is 5.32 Å². The van der Waals surface area contributed by atoms with E-state index in [1.807, 2.05) is 14.0 Å². The number of ether oxygens (including phenoxy) is 1. The van der Waals surface area contributed by atoms with Gasteiger partial charge in [0, 0.05) is 19.7 Å². The minimum atomic E-state index is 0.396. The van der Waals surface area contributed by atoms with Crippen LogP contribution in [0.5, 0.6) is 0 Å². The lowest BCUT2D eigenvalue weighted by Gasteiger charge is -2.15. The van der Waals surface area contributed by atoms with Crippen LogP contribution in [0.2, 0.25) is 0 Å². The molecular weight excluding hydrogens is 282 g/mol. The van der Waals surface area contributed by atoms with Crippen LogP contribution in [0.25, 0.3) is 0 Å². The summed E-state index contributed by atoms with van der Waals surface area (Å²) in [6, 6.07) is 0.396. The van der Waals surface area contributed by atoms with Gasteiger partial charge in [-0.05, 0) is 49.7 Å². The lowest BCUT2D eigenvalue weighted by Crippen LogP contribution is -2.30. The molecule has 1 heterocycles. The van der Waals surface area contributed by atoms with Crippen LogP contribution in [-0.2, 0) is 17.7 Å². The first-order valence-corrected chi connectivity index (χ1v) is 6.81. The number of nitrogens with zero attached hydrogens (tertiary/aromatic N) is 2. The number of aromatic nitrogens is 2. The number of aryl methyl sites for hydroxylation is 2. The highest BCUT2D eigenvalue weighted by molar-refractivity contribution is 9.10. The fraction of sp³-hybridized carbons (Fsp3) is 0.750. The van der Waals surface area contributed by atoms with Crippen molar-refractivity contribution in [1.29, 1.82) is 0 Å². The zero-order chi connectivity index (χ0) is 12.8. The predicted octanol–water partition coefficient (Wildman–Crippen LogP) is 2.14. The first kappa shape index (κ1) is 14.7. The van der Waals surface area contributed by atoms with Gasteiger partial charge in [0.2, 0.25) is 0 Å². The number of rotatable bonds is 7. The normalized spacial score (nSPS) is 13.0. The fourth-order valence-electron chi connectivity index (χ4n) is 1.93. The van der Waals surface area contributed by atoms with Gasteiger partial charge in [-0.3, -0.25) is 4.68 Å². The van der Waals surface area contributed by atoms with Crippen LogP contribution in [0, 0.1) is 6.92 Å². The summed E-state index contributed by atoms with van der Waals surface area (Å²) in [5.41, 5.74) is 2.34. The van der Waals surface area contributed by atoms with Crippen molar-refractivity contribution in [3.05, 3.63) is 15.9 Å². The van der Waals surface area contributed by atoms with Crippen molar-refractivity contribution in [3.63, 3.8) is 0 Å². The van der Waals surface area contributed by atoms with Crippen LogP contribution in [-0.4, -0.2) is 36.6 Å².